The third kappa shape index (κ3) is 8.35. The maximum atomic E-state index is 13.6. The molecule has 0 saturated carbocycles. The molecule has 0 bridgehead atoms. The Morgan fingerprint density at radius 2 is 1.74 bits per heavy atom. The second kappa shape index (κ2) is 12.7. The normalized spacial score (nSPS) is 11.7. The van der Waals surface area contributed by atoms with Gasteiger partial charge in [-0.25, -0.2) is 0 Å². The van der Waals surface area contributed by atoms with Crippen LogP contribution in [0.3, 0.4) is 0 Å². The van der Waals surface area contributed by atoms with Crippen LogP contribution in [0, 0.1) is 0 Å². The summed E-state index contributed by atoms with van der Waals surface area (Å²) in [7, 11) is -6.07. The van der Waals surface area contributed by atoms with E-state index in [2.05, 4.69) is 15.9 Å². The van der Waals surface area contributed by atoms with E-state index in [4.69, 9.17) is 0 Å². The molecule has 2 aromatic rings. The van der Waals surface area contributed by atoms with Crippen LogP contribution in [0.2, 0.25) is 0 Å². The van der Waals surface area contributed by atoms with E-state index in [0.717, 1.165) is 22.9 Å². The number of rotatable bonds is 7. The Bertz CT molecular complexity index is 804. The first-order valence-corrected chi connectivity index (χ1v) is 10.7. The van der Waals surface area contributed by atoms with Gasteiger partial charge < -0.3 is 14.4 Å². The molecule has 0 aromatic heterocycles. The Hall–Kier alpha value is 1.02. The van der Waals surface area contributed by atoms with Gasteiger partial charge in [0.05, 0.1) is 0 Å². The topological polar surface area (TPSA) is 63.2 Å². The zero-order valence-electron chi connectivity index (χ0n) is 14.9. The molecule has 0 heterocycles. The Morgan fingerprint density at radius 3 is 2.30 bits per heavy atom. The molecule has 0 atom stereocenters. The summed E-state index contributed by atoms with van der Waals surface area (Å²) in [5.74, 6) is 1.30. The van der Waals surface area contributed by atoms with Crippen LogP contribution in [0.4, 0.5) is 8.78 Å². The first kappa shape index (κ1) is 28.0. The van der Waals surface area contributed by atoms with Gasteiger partial charge in [-0.2, -0.15) is 20.5 Å². The summed E-state index contributed by atoms with van der Waals surface area (Å²) >= 11 is 4.51. The van der Waals surface area contributed by atoms with Gasteiger partial charge in [0, 0.05) is 29.1 Å². The zero-order chi connectivity index (χ0) is 18.5. The molecule has 2 rings (SSSR count). The maximum absolute atomic E-state index is 13.6. The van der Waals surface area contributed by atoms with Crippen LogP contribution in [0.1, 0.15) is 16.7 Å². The van der Waals surface area contributed by atoms with Crippen molar-refractivity contribution in [2.24, 2.45) is 0 Å². The van der Waals surface area contributed by atoms with Crippen LogP contribution in [0.25, 0.3) is 6.08 Å². The van der Waals surface area contributed by atoms with E-state index in [0.29, 0.717) is 5.75 Å². The monoisotopic (exact) mass is 492 g/mol. The Kier molecular flexibility index (Phi) is 13.1. The number of benzene rings is 2. The minimum absolute atomic E-state index is 0. The molecule has 0 amide bonds. The van der Waals surface area contributed by atoms with Crippen molar-refractivity contribution in [3.8, 4) is 0 Å². The van der Waals surface area contributed by atoms with Gasteiger partial charge in [-0.15, -0.1) is 0 Å². The van der Waals surface area contributed by atoms with Crippen LogP contribution in [-0.4, -0.2) is 5.75 Å². The minimum Gasteiger partial charge on any atom is -0.806 e. The van der Waals surface area contributed by atoms with E-state index < -0.39 is 18.8 Å². The van der Waals surface area contributed by atoms with Gasteiger partial charge in [0.2, 0.25) is 0 Å². The summed E-state index contributed by atoms with van der Waals surface area (Å²) < 4.78 is 37.9. The Labute approximate surface area is 214 Å². The molecule has 0 unspecified atom stereocenters. The van der Waals surface area contributed by atoms with Gasteiger partial charge in [-0.1, -0.05) is 70.5 Å². The van der Waals surface area contributed by atoms with Crippen LogP contribution >= 0.6 is 35.3 Å². The molecule has 0 aliphatic carbocycles. The average molecular weight is 493 g/mol. The van der Waals surface area contributed by atoms with E-state index >= 15 is 0 Å². The van der Waals surface area contributed by atoms with E-state index in [9.17, 15) is 23.1 Å². The molecule has 27 heavy (non-hydrogen) atoms. The van der Waals surface area contributed by atoms with E-state index in [1.54, 1.807) is 11.8 Å². The fourth-order valence-electron chi connectivity index (χ4n) is 2.03. The minimum atomic E-state index is -6.07. The van der Waals surface area contributed by atoms with Gasteiger partial charge in [0.1, 0.15) is 0 Å². The van der Waals surface area contributed by atoms with Crippen molar-refractivity contribution in [2.45, 2.75) is 11.4 Å². The van der Waals surface area contributed by atoms with Gasteiger partial charge in [0.15, 0.2) is 0 Å². The molecule has 0 radical (unpaired) electrons. The molecular weight excluding hydrogens is 479 g/mol. The Morgan fingerprint density at radius 1 is 1.11 bits per heavy atom. The van der Waals surface area contributed by atoms with Crippen molar-refractivity contribution in [3.63, 3.8) is 0 Å². The third-order valence-electron chi connectivity index (χ3n) is 3.29. The van der Waals surface area contributed by atoms with Gasteiger partial charge >= 0.3 is 59.1 Å². The number of halogens is 3. The fraction of sp³-hybridized carbons (Fsp3) is 0.176. The molecule has 0 saturated heterocycles. The molecule has 134 valence electrons. The predicted octanol–water partition coefficient (Wildman–Crippen LogP) is -1.63. The fourth-order valence-corrected chi connectivity index (χ4v) is 4.12. The van der Waals surface area contributed by atoms with Crippen molar-refractivity contribution >= 4 is 41.4 Å². The second-order valence-corrected chi connectivity index (χ2v) is 8.62. The number of thioether (sulfide) groups is 1. The quantitative estimate of drug-likeness (QED) is 0.264. The molecule has 0 N–H and O–H groups in total. The summed E-state index contributed by atoms with van der Waals surface area (Å²) in [6.45, 7) is 0. The van der Waals surface area contributed by atoms with Crippen molar-refractivity contribution < 1.29 is 82.2 Å². The summed E-state index contributed by atoms with van der Waals surface area (Å²) in [6.07, 6.45) is 4.00. The van der Waals surface area contributed by atoms with Gasteiger partial charge in [-0.3, -0.25) is 0 Å². The molecule has 0 spiro atoms. The summed E-state index contributed by atoms with van der Waals surface area (Å²) in [4.78, 5) is 21.5. The van der Waals surface area contributed by atoms with Crippen LogP contribution in [-0.2, 0) is 16.0 Å². The first-order valence-electron chi connectivity index (χ1n) is 7.20. The van der Waals surface area contributed by atoms with Crippen molar-refractivity contribution in [1.29, 1.82) is 0 Å². The number of alkyl halides is 2. The van der Waals surface area contributed by atoms with Gasteiger partial charge in [0.25, 0.3) is 5.66 Å². The maximum Gasteiger partial charge on any atom is 1.00 e. The largest absolute Gasteiger partial charge is 1.00 e. The standard InChI is InChI=1S/C17H16BrF2O3PS.2Na/c18-16-11-14(8-9-15(16)17(19,20)24(21,22)23)12-25-10-4-7-13-5-2-1-3-6-13;;/h1-9,11H,10,12H2,(H2,21,22,23);;/q;2*+1/p-2. The van der Waals surface area contributed by atoms with E-state index in [-0.39, 0.29) is 63.6 Å². The average Bonchev–Trinajstić information content (AvgIpc) is 2.54. The smallest absolute Gasteiger partial charge is 0.806 e. The van der Waals surface area contributed by atoms with E-state index in [1.807, 2.05) is 42.5 Å². The molecular formula is C17H14BrF2Na2O3PS. The summed E-state index contributed by atoms with van der Waals surface area (Å²) in [6, 6.07) is 13.6. The first-order chi connectivity index (χ1) is 11.7. The van der Waals surface area contributed by atoms with Gasteiger partial charge in [-0.05, 0) is 17.2 Å². The molecule has 2 aromatic carbocycles. The molecule has 3 nitrogen and oxygen atoms in total. The van der Waals surface area contributed by atoms with E-state index in [1.165, 1.54) is 12.1 Å². The molecule has 0 fully saturated rings. The van der Waals surface area contributed by atoms with Crippen LogP contribution in [0.15, 0.2) is 59.1 Å². The second-order valence-electron chi connectivity index (χ2n) is 5.18. The molecule has 0 aliphatic rings. The zero-order valence-corrected chi connectivity index (χ0v) is 22.2. The number of hydrogen-bond donors (Lipinski definition) is 0. The Balaban J connectivity index is 0.00000338. The SMILES string of the molecule is O=P([O-])([O-])C(F)(F)c1ccc(CSCC=Cc2ccccc2)cc1Br.[Na+].[Na+]. The molecule has 10 heteroatoms. The van der Waals surface area contributed by atoms with Crippen LogP contribution < -0.4 is 68.9 Å². The number of hydrogen-bond acceptors (Lipinski definition) is 4. The van der Waals surface area contributed by atoms with Crippen molar-refractivity contribution in [2.75, 3.05) is 5.75 Å². The summed E-state index contributed by atoms with van der Waals surface area (Å²) in [5.41, 5.74) is -3.43. The third-order valence-corrected chi connectivity index (χ3v) is 5.84. The van der Waals surface area contributed by atoms with Crippen molar-refractivity contribution in [3.05, 3.63) is 75.8 Å². The predicted molar refractivity (Wildman–Crippen MR) is 97.3 cm³/mol. The van der Waals surface area contributed by atoms with Crippen molar-refractivity contribution in [1.82, 2.24) is 0 Å². The molecule has 0 aliphatic heterocycles. The summed E-state index contributed by atoms with van der Waals surface area (Å²) in [5, 5.41) is 0. The van der Waals surface area contributed by atoms with Crippen LogP contribution in [0.5, 0.6) is 0 Å².